The minimum absolute atomic E-state index is 0.197. The van der Waals surface area contributed by atoms with Crippen LogP contribution < -0.4 is 5.32 Å². The number of benzene rings is 2. The van der Waals surface area contributed by atoms with E-state index in [0.717, 1.165) is 33.6 Å². The van der Waals surface area contributed by atoms with Crippen LogP contribution in [0.2, 0.25) is 0 Å². The second-order valence-corrected chi connectivity index (χ2v) is 6.10. The van der Waals surface area contributed by atoms with Gasteiger partial charge < -0.3 is 15.0 Å². The SMILES string of the molecule is Cn1cc(Nc2cccc(SCF)c2)c(O)c1-c1ccccc1. The fourth-order valence-corrected chi connectivity index (χ4v) is 3.04. The molecule has 0 aliphatic carbocycles. The maximum Gasteiger partial charge on any atom is 0.165 e. The van der Waals surface area contributed by atoms with Crippen molar-refractivity contribution in [1.29, 1.82) is 0 Å². The van der Waals surface area contributed by atoms with Crippen LogP contribution in [0.3, 0.4) is 0 Å². The zero-order valence-electron chi connectivity index (χ0n) is 12.7. The molecule has 0 aliphatic heterocycles. The molecule has 0 saturated heterocycles. The molecule has 0 fully saturated rings. The summed E-state index contributed by atoms with van der Waals surface area (Å²) in [5.41, 5.74) is 3.13. The Labute approximate surface area is 138 Å². The highest BCUT2D eigenvalue weighted by Gasteiger charge is 2.15. The summed E-state index contributed by atoms with van der Waals surface area (Å²) in [6, 6.07) is 16.7. The van der Waals surface area contributed by atoms with E-state index in [9.17, 15) is 9.50 Å². The van der Waals surface area contributed by atoms with Gasteiger partial charge in [-0.15, -0.1) is 0 Å². The zero-order valence-corrected chi connectivity index (χ0v) is 13.5. The normalized spacial score (nSPS) is 10.7. The number of anilines is 2. The number of thioether (sulfide) groups is 1. The lowest BCUT2D eigenvalue weighted by Crippen LogP contribution is -1.89. The van der Waals surface area contributed by atoms with E-state index in [1.54, 1.807) is 0 Å². The van der Waals surface area contributed by atoms with Gasteiger partial charge in [0.1, 0.15) is 6.01 Å². The smallest absolute Gasteiger partial charge is 0.165 e. The first kappa shape index (κ1) is 15.5. The molecule has 2 N–H and O–H groups in total. The molecular weight excluding hydrogens is 311 g/mol. The van der Waals surface area contributed by atoms with Crippen molar-refractivity contribution >= 4 is 23.1 Å². The van der Waals surface area contributed by atoms with E-state index in [2.05, 4.69) is 5.32 Å². The van der Waals surface area contributed by atoms with Gasteiger partial charge in [-0.25, -0.2) is 4.39 Å². The van der Waals surface area contributed by atoms with Gasteiger partial charge in [-0.2, -0.15) is 0 Å². The maximum atomic E-state index is 12.4. The minimum Gasteiger partial charge on any atom is -0.504 e. The van der Waals surface area contributed by atoms with Crippen LogP contribution in [-0.4, -0.2) is 15.7 Å². The molecule has 0 spiro atoms. The number of hydrogen-bond acceptors (Lipinski definition) is 3. The molecule has 0 atom stereocenters. The van der Waals surface area contributed by atoms with Crippen LogP contribution in [0.4, 0.5) is 15.8 Å². The molecule has 3 aromatic rings. The van der Waals surface area contributed by atoms with Crippen LogP contribution in [-0.2, 0) is 7.05 Å². The molecule has 0 aliphatic rings. The Hall–Kier alpha value is -2.40. The average Bonchev–Trinajstić information content (AvgIpc) is 2.83. The summed E-state index contributed by atoms with van der Waals surface area (Å²) >= 11 is 1.14. The van der Waals surface area contributed by atoms with Gasteiger partial charge in [-0.05, 0) is 18.2 Å². The number of nitrogens with one attached hydrogen (secondary N) is 1. The topological polar surface area (TPSA) is 37.2 Å². The van der Waals surface area contributed by atoms with Crippen molar-refractivity contribution in [3.63, 3.8) is 0 Å². The Balaban J connectivity index is 1.92. The van der Waals surface area contributed by atoms with Crippen LogP contribution >= 0.6 is 11.8 Å². The molecule has 0 unspecified atom stereocenters. The van der Waals surface area contributed by atoms with Gasteiger partial charge >= 0.3 is 0 Å². The Morgan fingerprint density at radius 3 is 2.65 bits per heavy atom. The summed E-state index contributed by atoms with van der Waals surface area (Å²) in [5.74, 6) is 0.197. The van der Waals surface area contributed by atoms with E-state index in [1.165, 1.54) is 0 Å². The molecular formula is C18H17FN2OS. The molecule has 3 rings (SSSR count). The van der Waals surface area contributed by atoms with E-state index in [4.69, 9.17) is 0 Å². The highest BCUT2D eigenvalue weighted by atomic mass is 32.2. The van der Waals surface area contributed by atoms with Crippen LogP contribution in [0.5, 0.6) is 5.75 Å². The van der Waals surface area contributed by atoms with Crippen LogP contribution in [0.25, 0.3) is 11.3 Å². The predicted octanol–water partition coefficient (Wildman–Crippen LogP) is 5.16. The third-order valence-corrected chi connectivity index (χ3v) is 4.23. The lowest BCUT2D eigenvalue weighted by atomic mass is 10.1. The molecule has 0 amide bonds. The Kier molecular flexibility index (Phi) is 4.57. The summed E-state index contributed by atoms with van der Waals surface area (Å²) in [6.45, 7) is 0. The number of halogens is 1. The molecule has 23 heavy (non-hydrogen) atoms. The van der Waals surface area contributed by atoms with Gasteiger partial charge in [0.15, 0.2) is 5.75 Å². The Morgan fingerprint density at radius 2 is 1.91 bits per heavy atom. The molecule has 118 valence electrons. The van der Waals surface area contributed by atoms with Crippen molar-refractivity contribution < 1.29 is 9.50 Å². The van der Waals surface area contributed by atoms with Crippen molar-refractivity contribution in [1.82, 2.24) is 4.57 Å². The number of aromatic nitrogens is 1. The second kappa shape index (κ2) is 6.79. The third-order valence-electron chi connectivity index (χ3n) is 3.54. The Morgan fingerprint density at radius 1 is 1.13 bits per heavy atom. The monoisotopic (exact) mass is 328 g/mol. The Bertz CT molecular complexity index is 802. The molecule has 3 nitrogen and oxygen atoms in total. The first-order valence-corrected chi connectivity index (χ1v) is 8.17. The largest absolute Gasteiger partial charge is 0.504 e. The van der Waals surface area contributed by atoms with Crippen LogP contribution in [0.15, 0.2) is 65.7 Å². The van der Waals surface area contributed by atoms with Gasteiger partial charge in [0.2, 0.25) is 0 Å². The molecule has 5 heteroatoms. The predicted molar refractivity (Wildman–Crippen MR) is 94.1 cm³/mol. The molecule has 2 aromatic carbocycles. The minimum atomic E-state index is -0.460. The summed E-state index contributed by atoms with van der Waals surface area (Å²) in [4.78, 5) is 0.844. The number of aryl methyl sites for hydroxylation is 1. The van der Waals surface area contributed by atoms with E-state index in [0.29, 0.717) is 5.69 Å². The van der Waals surface area contributed by atoms with Gasteiger partial charge in [-0.1, -0.05) is 48.2 Å². The van der Waals surface area contributed by atoms with E-state index in [1.807, 2.05) is 72.4 Å². The quantitative estimate of drug-likeness (QED) is 0.635. The lowest BCUT2D eigenvalue weighted by Gasteiger charge is -2.07. The number of aromatic hydroxyl groups is 1. The van der Waals surface area contributed by atoms with Gasteiger partial charge in [0.05, 0.1) is 11.4 Å². The highest BCUT2D eigenvalue weighted by Crippen LogP contribution is 2.38. The fourth-order valence-electron chi connectivity index (χ4n) is 2.52. The molecule has 0 saturated carbocycles. The standard InChI is InChI=1S/C18H17FN2OS/c1-21-11-16(18(22)17(21)13-6-3-2-4-7-13)20-14-8-5-9-15(10-14)23-12-19/h2-11,20,22H,12H2,1H3. The molecule has 0 radical (unpaired) electrons. The summed E-state index contributed by atoms with van der Waals surface area (Å²) < 4.78 is 14.3. The van der Waals surface area contributed by atoms with E-state index in [-0.39, 0.29) is 5.75 Å². The first-order valence-electron chi connectivity index (χ1n) is 7.18. The van der Waals surface area contributed by atoms with Crippen molar-refractivity contribution in [2.45, 2.75) is 4.90 Å². The molecule has 1 aromatic heterocycles. The van der Waals surface area contributed by atoms with Crippen LogP contribution in [0, 0.1) is 0 Å². The molecule has 1 heterocycles. The second-order valence-electron chi connectivity index (χ2n) is 5.12. The summed E-state index contributed by atoms with van der Waals surface area (Å²) in [6.07, 6.45) is 1.84. The average molecular weight is 328 g/mol. The van der Waals surface area contributed by atoms with Crippen molar-refractivity contribution in [2.75, 3.05) is 11.3 Å². The van der Waals surface area contributed by atoms with Gasteiger partial charge in [-0.3, -0.25) is 0 Å². The molecule has 0 bridgehead atoms. The van der Waals surface area contributed by atoms with Crippen LogP contribution in [0.1, 0.15) is 0 Å². The van der Waals surface area contributed by atoms with Crippen molar-refractivity contribution in [3.05, 3.63) is 60.8 Å². The maximum absolute atomic E-state index is 12.4. The number of rotatable bonds is 5. The first-order chi connectivity index (χ1) is 11.2. The number of nitrogens with zero attached hydrogens (tertiary/aromatic N) is 1. The number of alkyl halides is 1. The summed E-state index contributed by atoms with van der Waals surface area (Å²) in [5, 5.41) is 13.7. The van der Waals surface area contributed by atoms with E-state index < -0.39 is 6.01 Å². The number of hydrogen-bond donors (Lipinski definition) is 2. The summed E-state index contributed by atoms with van der Waals surface area (Å²) in [7, 11) is 1.89. The third kappa shape index (κ3) is 3.35. The lowest BCUT2D eigenvalue weighted by molar-refractivity contribution is 0.479. The van der Waals surface area contributed by atoms with Gasteiger partial charge in [0.25, 0.3) is 0 Å². The van der Waals surface area contributed by atoms with Gasteiger partial charge in [0, 0.05) is 29.4 Å². The van der Waals surface area contributed by atoms with E-state index >= 15 is 0 Å². The fraction of sp³-hybridized carbons (Fsp3) is 0.111. The van der Waals surface area contributed by atoms with Crippen molar-refractivity contribution in [2.24, 2.45) is 7.05 Å². The zero-order chi connectivity index (χ0) is 16.2. The highest BCUT2D eigenvalue weighted by molar-refractivity contribution is 7.99. The van der Waals surface area contributed by atoms with Crippen molar-refractivity contribution in [3.8, 4) is 17.0 Å².